The number of nitrogens with zero attached hydrogens (tertiary/aromatic N) is 8. The molecule has 21 nitrogen and oxygen atoms in total. The number of likely N-dealkylation sites (N-methyl/N-ethyl adjacent to an activating group) is 1. The van der Waals surface area contributed by atoms with Gasteiger partial charge in [0.15, 0.2) is 0 Å². The van der Waals surface area contributed by atoms with Crippen molar-refractivity contribution in [2.75, 3.05) is 69.4 Å². The quantitative estimate of drug-likeness (QED) is 0.0423. The topological polar surface area (TPSA) is 233 Å². The molecule has 0 bridgehead atoms. The summed E-state index contributed by atoms with van der Waals surface area (Å²) >= 11 is 0. The predicted molar refractivity (Wildman–Crippen MR) is 243 cm³/mol. The Labute approximate surface area is 396 Å². The molecule has 2 aromatic heterocycles. The van der Waals surface area contributed by atoms with Crippen molar-refractivity contribution < 1.29 is 59.2 Å². The minimum absolute atomic E-state index is 0.0569. The molecule has 5 aromatic rings. The van der Waals surface area contributed by atoms with Crippen LogP contribution in [0.2, 0.25) is 0 Å². The van der Waals surface area contributed by atoms with Crippen LogP contribution < -0.4 is 25.5 Å². The van der Waals surface area contributed by atoms with Crippen molar-refractivity contribution in [2.24, 2.45) is 5.92 Å². The fourth-order valence-electron chi connectivity index (χ4n) is 8.48. The van der Waals surface area contributed by atoms with Crippen LogP contribution in [0.3, 0.4) is 0 Å². The van der Waals surface area contributed by atoms with Crippen LogP contribution in [-0.4, -0.2) is 126 Å². The monoisotopic (exact) mass is 983 g/mol. The van der Waals surface area contributed by atoms with Crippen molar-refractivity contribution in [1.29, 1.82) is 0 Å². The van der Waals surface area contributed by atoms with Gasteiger partial charge in [-0.1, -0.05) is 13.0 Å². The molecule has 0 radical (unpaired) electrons. The number of aromatic nitrogens is 6. The molecule has 7 rings (SSSR count). The number of esters is 1. The third-order valence-electron chi connectivity index (χ3n) is 11.9. The van der Waals surface area contributed by atoms with Crippen LogP contribution in [0.1, 0.15) is 51.1 Å². The van der Waals surface area contributed by atoms with E-state index in [0.29, 0.717) is 37.5 Å². The summed E-state index contributed by atoms with van der Waals surface area (Å²) in [5, 5.41) is 11.1. The first-order chi connectivity index (χ1) is 33.1. The van der Waals surface area contributed by atoms with E-state index in [-0.39, 0.29) is 37.4 Å². The Morgan fingerprint density at radius 2 is 1.62 bits per heavy atom. The smallest absolute Gasteiger partial charge is 0.493 e. The summed E-state index contributed by atoms with van der Waals surface area (Å²) < 4.78 is 96.1. The van der Waals surface area contributed by atoms with E-state index in [4.69, 9.17) is 28.2 Å². The van der Waals surface area contributed by atoms with Gasteiger partial charge < -0.3 is 38.8 Å². The van der Waals surface area contributed by atoms with Crippen LogP contribution in [0.25, 0.3) is 5.69 Å². The molecule has 2 aliphatic rings. The number of hydrogen-bond donors (Lipinski definition) is 2. The summed E-state index contributed by atoms with van der Waals surface area (Å²) in [7, 11) is -3.18. The van der Waals surface area contributed by atoms with Gasteiger partial charge in [-0.05, 0) is 87.8 Å². The van der Waals surface area contributed by atoms with E-state index in [1.165, 1.54) is 47.4 Å². The highest BCUT2D eigenvalue weighted by Crippen LogP contribution is 2.42. The molecule has 0 amide bonds. The molecule has 24 heteroatoms. The second-order valence-corrected chi connectivity index (χ2v) is 17.7. The van der Waals surface area contributed by atoms with Gasteiger partial charge in [-0.2, -0.15) is 18.6 Å². The van der Waals surface area contributed by atoms with Crippen LogP contribution in [0.5, 0.6) is 5.75 Å². The van der Waals surface area contributed by atoms with E-state index >= 15 is 4.39 Å². The molecule has 372 valence electrons. The van der Waals surface area contributed by atoms with Gasteiger partial charge in [-0.15, -0.1) is 0 Å². The molecule has 0 spiro atoms. The van der Waals surface area contributed by atoms with Crippen LogP contribution >= 0.6 is 0 Å². The fraction of sp³-hybridized carbons (Fsp3) is 0.467. The van der Waals surface area contributed by atoms with Gasteiger partial charge in [0, 0.05) is 61.5 Å². The molecule has 2 N–H and O–H groups in total. The third kappa shape index (κ3) is 13.2. The lowest BCUT2D eigenvalue weighted by atomic mass is 9.87. The summed E-state index contributed by atoms with van der Waals surface area (Å²) in [6, 6.07) is 18.3. The molecule has 0 aliphatic carbocycles. The number of hydrogen-bond acceptors (Lipinski definition) is 17. The Bertz CT molecular complexity index is 2650. The molecule has 2 saturated heterocycles. The first-order valence-corrected chi connectivity index (χ1v) is 23.7. The second-order valence-electron chi connectivity index (χ2n) is 16.6. The molecule has 3 aromatic carbocycles. The summed E-state index contributed by atoms with van der Waals surface area (Å²) in [6.45, 7) is 6.62. The minimum atomic E-state index is -4.69. The average molecular weight is 984 g/mol. The molecule has 5 atom stereocenters. The molecular formula is C45H55F2N9O12S. The number of halogens is 2. The molecule has 0 saturated carbocycles. The van der Waals surface area contributed by atoms with Gasteiger partial charge >= 0.3 is 28.2 Å². The predicted octanol–water partition coefficient (Wildman–Crippen LogP) is 4.42. The lowest BCUT2D eigenvalue weighted by Gasteiger charge is -2.37. The van der Waals surface area contributed by atoms with E-state index in [2.05, 4.69) is 34.5 Å². The Hall–Kier alpha value is -6.47. The van der Waals surface area contributed by atoms with Crippen molar-refractivity contribution in [3.63, 3.8) is 0 Å². The number of benzene rings is 3. The van der Waals surface area contributed by atoms with E-state index < -0.39 is 70.5 Å². The molecule has 2 aliphatic heterocycles. The van der Waals surface area contributed by atoms with Gasteiger partial charge in [-0.25, -0.2) is 41.5 Å². The normalized spacial score (nSPS) is 18.7. The highest BCUT2D eigenvalue weighted by atomic mass is 32.3. The zero-order valence-electron chi connectivity index (χ0n) is 38.3. The van der Waals surface area contributed by atoms with Crippen LogP contribution in [0.4, 0.5) is 25.0 Å². The molecular weight excluding hydrogens is 929 g/mol. The Morgan fingerprint density at radius 3 is 2.25 bits per heavy atom. The number of nitrogens with one attached hydrogen (secondary N) is 1. The largest absolute Gasteiger partial charge is 0.511 e. The van der Waals surface area contributed by atoms with Gasteiger partial charge in [0.2, 0.25) is 0 Å². The van der Waals surface area contributed by atoms with Gasteiger partial charge in [0.05, 0.1) is 44.6 Å². The second kappa shape index (κ2) is 22.8. The minimum Gasteiger partial charge on any atom is -0.493 e. The van der Waals surface area contributed by atoms with Crippen LogP contribution in [0, 0.1) is 17.6 Å². The number of piperazine rings is 1. The highest BCUT2D eigenvalue weighted by Gasteiger charge is 2.45. The number of anilines is 2. The van der Waals surface area contributed by atoms with Crippen molar-refractivity contribution >= 4 is 33.9 Å². The standard InChI is InChI=1S/C45H55F2N9O12S/c1-4-40(31(2)66-44(59)68-42(67-41(57)24-48-3)6-5-21-65-69(60,61)62)56-43(58)55(30-51-56)36-10-8-34(9-11-36)52-17-19-53(20-18-52)35-12-14-37(15-13-35)63-25-32-23-45(64-26-32,27-54-29-49-28-50-54)38-16-7-33(46)22-39(38)47/h7-16,22,28-32,40,42,48H,4-6,17-21,23-27H2,1-3H3,(H,60,61,62)/t31-,32+,40-,42?,45-/m0/s1. The Morgan fingerprint density at radius 1 is 0.942 bits per heavy atom. The highest BCUT2D eigenvalue weighted by molar-refractivity contribution is 7.80. The maximum atomic E-state index is 15.1. The summed E-state index contributed by atoms with van der Waals surface area (Å²) in [5.41, 5.74) is 1.36. The number of ether oxygens (including phenoxy) is 5. The molecule has 2 fully saturated rings. The maximum absolute atomic E-state index is 15.1. The maximum Gasteiger partial charge on any atom is 0.511 e. The average Bonchev–Trinajstić information content (AvgIpc) is 4.08. The summed E-state index contributed by atoms with van der Waals surface area (Å²) in [6.07, 6.45) is 1.29. The zero-order chi connectivity index (χ0) is 49.1. The van der Waals surface area contributed by atoms with Crippen molar-refractivity contribution in [1.82, 2.24) is 34.4 Å². The third-order valence-corrected chi connectivity index (χ3v) is 12.3. The summed E-state index contributed by atoms with van der Waals surface area (Å²) in [5.74, 6) is -1.46. The van der Waals surface area contributed by atoms with Crippen molar-refractivity contribution in [3.8, 4) is 11.4 Å². The van der Waals surface area contributed by atoms with Crippen molar-refractivity contribution in [2.45, 2.75) is 70.1 Å². The first-order valence-electron chi connectivity index (χ1n) is 22.4. The SMILES string of the molecule is CC[C@@H]([C@H](C)OC(=O)OC(CCCOS(=O)(=O)O)OC(=O)CNC)n1ncn(-c2ccc(N3CCN(c4ccc(OC[C@@H]5CO[C@@](Cn6cncn6)(c6ccc(F)cc6F)C5)cc4)CC3)cc2)c1=O. The van der Waals surface area contributed by atoms with Crippen LogP contribution in [0.15, 0.2) is 90.5 Å². The number of rotatable bonds is 22. The summed E-state index contributed by atoms with van der Waals surface area (Å²) in [4.78, 5) is 47.1. The van der Waals surface area contributed by atoms with E-state index in [1.807, 2.05) is 48.5 Å². The lowest BCUT2D eigenvalue weighted by Crippen LogP contribution is -2.46. The van der Waals surface area contributed by atoms with E-state index in [0.717, 1.165) is 43.6 Å². The van der Waals surface area contributed by atoms with Gasteiger partial charge in [0.1, 0.15) is 48.1 Å². The number of carbonyl (C=O) groups excluding carboxylic acids is 2. The van der Waals surface area contributed by atoms with Crippen molar-refractivity contribution in [3.05, 3.63) is 113 Å². The van der Waals surface area contributed by atoms with Crippen LogP contribution in [-0.2, 0) is 50.5 Å². The van der Waals surface area contributed by atoms with E-state index in [9.17, 15) is 27.2 Å². The fourth-order valence-corrected chi connectivity index (χ4v) is 8.81. The molecule has 1 unspecified atom stereocenters. The molecule has 4 heterocycles. The van der Waals surface area contributed by atoms with E-state index in [1.54, 1.807) is 18.5 Å². The molecule has 69 heavy (non-hydrogen) atoms. The zero-order valence-corrected chi connectivity index (χ0v) is 39.1. The first kappa shape index (κ1) is 50.4. The number of carbonyl (C=O) groups is 2. The Balaban J connectivity index is 0.886. The lowest BCUT2D eigenvalue weighted by molar-refractivity contribution is -0.172. The Kier molecular flexibility index (Phi) is 16.6. The van der Waals surface area contributed by atoms with Gasteiger partial charge in [-0.3, -0.25) is 9.35 Å². The van der Waals surface area contributed by atoms with Gasteiger partial charge in [0.25, 0.3) is 6.29 Å².